The molecule has 1 heterocycles. The molecule has 0 aromatic carbocycles. The predicted molar refractivity (Wildman–Crippen MR) is 79.6 cm³/mol. The van der Waals surface area contributed by atoms with Crippen LogP contribution in [0.2, 0.25) is 0 Å². The molecule has 0 bridgehead atoms. The van der Waals surface area contributed by atoms with Gasteiger partial charge in [0, 0.05) is 24.5 Å². The zero-order chi connectivity index (χ0) is 14.9. The molecule has 1 amide bonds. The van der Waals surface area contributed by atoms with Crippen LogP contribution in [-0.2, 0) is 11.3 Å². The fraction of sp³-hybridized carbons (Fsp3) is 0.800. The van der Waals surface area contributed by atoms with E-state index in [0.717, 1.165) is 38.1 Å². The van der Waals surface area contributed by atoms with Gasteiger partial charge in [-0.25, -0.2) is 0 Å². The van der Waals surface area contributed by atoms with Gasteiger partial charge in [-0.1, -0.05) is 12.8 Å². The number of carbonyl (C=O) groups is 1. The summed E-state index contributed by atoms with van der Waals surface area (Å²) < 4.78 is 2.06. The molecule has 0 radical (unpaired) electrons. The third kappa shape index (κ3) is 3.26. The lowest BCUT2D eigenvalue weighted by Gasteiger charge is -2.37. The topological polar surface area (TPSA) is 85.8 Å². The molecule has 21 heavy (non-hydrogen) atoms. The average molecular weight is 291 g/mol. The Morgan fingerprint density at radius 1 is 1.48 bits per heavy atom. The van der Waals surface area contributed by atoms with Crippen molar-refractivity contribution < 1.29 is 4.79 Å². The molecule has 6 nitrogen and oxygen atoms in total. The van der Waals surface area contributed by atoms with E-state index >= 15 is 0 Å². The van der Waals surface area contributed by atoms with E-state index in [4.69, 9.17) is 5.73 Å². The summed E-state index contributed by atoms with van der Waals surface area (Å²) in [4.78, 5) is 12.3. The summed E-state index contributed by atoms with van der Waals surface area (Å²) in [6.45, 7) is 3.35. The predicted octanol–water partition coefficient (Wildman–Crippen LogP) is 1.18. The maximum Gasteiger partial charge on any atom is 0.225 e. The molecule has 1 aromatic rings. The minimum Gasteiger partial charge on any atom is -0.354 e. The molecule has 6 heteroatoms. The highest BCUT2D eigenvalue weighted by Crippen LogP contribution is 2.38. The third-order valence-corrected chi connectivity index (χ3v) is 4.81. The van der Waals surface area contributed by atoms with Crippen LogP contribution >= 0.6 is 0 Å². The van der Waals surface area contributed by atoms with Gasteiger partial charge in [0.25, 0.3) is 0 Å². The van der Waals surface area contributed by atoms with Crippen molar-refractivity contribution in [2.24, 2.45) is 11.7 Å². The first-order valence-corrected chi connectivity index (χ1v) is 8.02. The van der Waals surface area contributed by atoms with Crippen LogP contribution in [0, 0.1) is 5.92 Å². The Morgan fingerprint density at radius 3 is 3.00 bits per heavy atom. The van der Waals surface area contributed by atoms with Crippen molar-refractivity contribution in [3.63, 3.8) is 0 Å². The van der Waals surface area contributed by atoms with Crippen molar-refractivity contribution in [3.8, 4) is 0 Å². The fourth-order valence-electron chi connectivity index (χ4n) is 3.31. The first-order valence-electron chi connectivity index (χ1n) is 8.02. The number of carbonyl (C=O) groups excluding carboxylic acids is 1. The molecule has 2 saturated carbocycles. The number of aromatic nitrogens is 3. The summed E-state index contributed by atoms with van der Waals surface area (Å²) >= 11 is 0. The van der Waals surface area contributed by atoms with Crippen LogP contribution in [-0.4, -0.2) is 32.8 Å². The minimum atomic E-state index is -0.363. The van der Waals surface area contributed by atoms with Crippen LogP contribution in [0.15, 0.2) is 6.33 Å². The van der Waals surface area contributed by atoms with Crippen molar-refractivity contribution in [2.75, 3.05) is 6.54 Å². The molecule has 0 saturated heterocycles. The molecule has 116 valence electrons. The number of rotatable bonds is 5. The number of nitrogens with two attached hydrogens (primary N) is 1. The van der Waals surface area contributed by atoms with E-state index < -0.39 is 0 Å². The Labute approximate surface area is 125 Å². The van der Waals surface area contributed by atoms with Gasteiger partial charge in [-0.15, -0.1) is 10.2 Å². The largest absolute Gasteiger partial charge is 0.354 e. The van der Waals surface area contributed by atoms with E-state index in [1.54, 1.807) is 6.33 Å². The Morgan fingerprint density at radius 2 is 2.29 bits per heavy atom. The van der Waals surface area contributed by atoms with Crippen LogP contribution in [0.1, 0.15) is 57.2 Å². The quantitative estimate of drug-likeness (QED) is 0.853. The van der Waals surface area contributed by atoms with Gasteiger partial charge < -0.3 is 15.6 Å². The Bertz CT molecular complexity index is 506. The Hall–Kier alpha value is -1.43. The van der Waals surface area contributed by atoms with Gasteiger partial charge in [0.15, 0.2) is 0 Å². The lowest BCUT2D eigenvalue weighted by molar-refractivity contribution is -0.128. The summed E-state index contributed by atoms with van der Waals surface area (Å²) in [5.41, 5.74) is 5.91. The molecular formula is C15H25N5O. The zero-order valence-corrected chi connectivity index (χ0v) is 12.7. The van der Waals surface area contributed by atoms with Crippen LogP contribution in [0.5, 0.6) is 0 Å². The van der Waals surface area contributed by atoms with Crippen LogP contribution in [0.4, 0.5) is 0 Å². The van der Waals surface area contributed by atoms with Crippen molar-refractivity contribution in [1.29, 1.82) is 0 Å². The van der Waals surface area contributed by atoms with Crippen molar-refractivity contribution in [1.82, 2.24) is 20.1 Å². The lowest BCUT2D eigenvalue weighted by Crippen LogP contribution is -2.53. The Kier molecular flexibility index (Phi) is 3.97. The highest BCUT2D eigenvalue weighted by atomic mass is 16.1. The maximum atomic E-state index is 12.3. The van der Waals surface area contributed by atoms with Gasteiger partial charge >= 0.3 is 0 Å². The standard InChI is InChI=1S/C15H25N5O/c1-15(16)7-3-2-4-12(15)14(21)17-8-9-20-10-18-19-13(20)11-5-6-11/h10-12H,2-9,16H2,1H3,(H,17,21). The third-order valence-electron chi connectivity index (χ3n) is 4.81. The first-order chi connectivity index (χ1) is 10.1. The van der Waals surface area contributed by atoms with Gasteiger partial charge in [0.1, 0.15) is 12.2 Å². The molecule has 0 aliphatic heterocycles. The lowest BCUT2D eigenvalue weighted by atomic mass is 9.74. The zero-order valence-electron chi connectivity index (χ0n) is 12.7. The normalized spacial score (nSPS) is 29.3. The smallest absolute Gasteiger partial charge is 0.225 e. The molecule has 2 unspecified atom stereocenters. The molecule has 2 atom stereocenters. The summed E-state index contributed by atoms with van der Waals surface area (Å²) in [7, 11) is 0. The second-order valence-electron chi connectivity index (χ2n) is 6.75. The number of amides is 1. The minimum absolute atomic E-state index is 0.0601. The van der Waals surface area contributed by atoms with Crippen molar-refractivity contribution >= 4 is 5.91 Å². The Balaban J connectivity index is 1.50. The molecule has 0 spiro atoms. The molecule has 3 rings (SSSR count). The number of hydrogen-bond donors (Lipinski definition) is 2. The second-order valence-corrected chi connectivity index (χ2v) is 6.75. The summed E-state index contributed by atoms with van der Waals surface area (Å²) in [6, 6.07) is 0. The maximum absolute atomic E-state index is 12.3. The number of hydrogen-bond acceptors (Lipinski definition) is 4. The van der Waals surface area contributed by atoms with Crippen LogP contribution in [0.3, 0.4) is 0 Å². The van der Waals surface area contributed by atoms with E-state index in [1.807, 2.05) is 6.92 Å². The number of nitrogens with zero attached hydrogens (tertiary/aromatic N) is 3. The SMILES string of the molecule is CC1(N)CCCCC1C(=O)NCCn1cnnc1C1CC1. The highest BCUT2D eigenvalue weighted by molar-refractivity contribution is 5.80. The highest BCUT2D eigenvalue weighted by Gasteiger charge is 2.37. The molecule has 3 N–H and O–H groups in total. The van der Waals surface area contributed by atoms with Gasteiger partial charge in [-0.05, 0) is 32.6 Å². The first kappa shape index (κ1) is 14.5. The fourth-order valence-corrected chi connectivity index (χ4v) is 3.31. The van der Waals surface area contributed by atoms with Gasteiger partial charge in [-0.2, -0.15) is 0 Å². The second kappa shape index (κ2) is 5.75. The van der Waals surface area contributed by atoms with Crippen molar-refractivity contribution in [2.45, 2.75) is 63.5 Å². The van der Waals surface area contributed by atoms with E-state index in [1.165, 1.54) is 12.8 Å². The summed E-state index contributed by atoms with van der Waals surface area (Å²) in [6.07, 6.45) is 8.23. The molecule has 2 aliphatic rings. The van der Waals surface area contributed by atoms with E-state index in [-0.39, 0.29) is 17.4 Å². The van der Waals surface area contributed by atoms with Crippen LogP contribution in [0.25, 0.3) is 0 Å². The number of nitrogens with one attached hydrogen (secondary N) is 1. The average Bonchev–Trinajstić information content (AvgIpc) is 3.18. The molecule has 2 fully saturated rings. The van der Waals surface area contributed by atoms with Gasteiger partial charge in [-0.3, -0.25) is 4.79 Å². The molecular weight excluding hydrogens is 266 g/mol. The molecule has 1 aromatic heterocycles. The van der Waals surface area contributed by atoms with E-state index in [2.05, 4.69) is 20.1 Å². The molecule has 2 aliphatic carbocycles. The van der Waals surface area contributed by atoms with Crippen LogP contribution < -0.4 is 11.1 Å². The van der Waals surface area contributed by atoms with E-state index in [0.29, 0.717) is 12.5 Å². The summed E-state index contributed by atoms with van der Waals surface area (Å²) in [5, 5.41) is 11.2. The van der Waals surface area contributed by atoms with Gasteiger partial charge in [0.2, 0.25) is 5.91 Å². The monoisotopic (exact) mass is 291 g/mol. The summed E-state index contributed by atoms with van der Waals surface area (Å²) in [5.74, 6) is 1.68. The van der Waals surface area contributed by atoms with E-state index in [9.17, 15) is 4.79 Å². The van der Waals surface area contributed by atoms with Crippen molar-refractivity contribution in [3.05, 3.63) is 12.2 Å². The van der Waals surface area contributed by atoms with Gasteiger partial charge in [0.05, 0.1) is 5.92 Å².